The molecule has 2 unspecified atom stereocenters. The molecule has 1 aliphatic rings. The molecule has 4 nitrogen and oxygen atoms in total. The number of carbonyl (C=O) groups is 1. The zero-order valence-corrected chi connectivity index (χ0v) is 10.2. The zero-order chi connectivity index (χ0) is 12.2. The van der Waals surface area contributed by atoms with Gasteiger partial charge in [-0.3, -0.25) is 0 Å². The molecule has 1 aliphatic heterocycles. The monoisotopic (exact) mass is 232 g/mol. The summed E-state index contributed by atoms with van der Waals surface area (Å²) in [7, 11) is 0. The highest BCUT2D eigenvalue weighted by Crippen LogP contribution is 2.15. The molecule has 1 rings (SSSR count). The Balaban J connectivity index is 2.25. The fourth-order valence-electron chi connectivity index (χ4n) is 1.63. The number of halogens is 1. The summed E-state index contributed by atoms with van der Waals surface area (Å²) < 4.78 is 18.5. The highest BCUT2D eigenvalue weighted by atomic mass is 19.1. The van der Waals surface area contributed by atoms with E-state index >= 15 is 0 Å². The Morgan fingerprint density at radius 1 is 1.56 bits per heavy atom. The normalized spacial score (nSPS) is 26.2. The van der Waals surface area contributed by atoms with Crippen molar-refractivity contribution >= 4 is 6.09 Å². The summed E-state index contributed by atoms with van der Waals surface area (Å²) in [5.41, 5.74) is -0.507. The van der Waals surface area contributed by atoms with E-state index in [4.69, 9.17) is 4.74 Å². The van der Waals surface area contributed by atoms with Crippen molar-refractivity contribution in [2.24, 2.45) is 5.92 Å². The predicted molar refractivity (Wildman–Crippen MR) is 60.1 cm³/mol. The molecule has 0 aromatic rings. The number of alkyl halides is 1. The van der Waals surface area contributed by atoms with Gasteiger partial charge in [0.25, 0.3) is 0 Å². The first kappa shape index (κ1) is 13.2. The number of hydrogen-bond donors (Lipinski definition) is 2. The summed E-state index contributed by atoms with van der Waals surface area (Å²) in [6, 6.07) is 0. The van der Waals surface area contributed by atoms with Crippen molar-refractivity contribution < 1.29 is 13.9 Å². The highest BCUT2D eigenvalue weighted by molar-refractivity contribution is 5.67. The predicted octanol–water partition coefficient (Wildman–Crippen LogP) is 1.46. The molecule has 94 valence electrons. The molecule has 1 saturated heterocycles. The minimum Gasteiger partial charge on any atom is -0.444 e. The first-order chi connectivity index (χ1) is 7.38. The van der Waals surface area contributed by atoms with Gasteiger partial charge in [-0.2, -0.15) is 0 Å². The minimum absolute atomic E-state index is 0.103. The summed E-state index contributed by atoms with van der Waals surface area (Å²) in [5, 5.41) is 5.58. The lowest BCUT2D eigenvalue weighted by atomic mass is 9.96. The first-order valence-electron chi connectivity index (χ1n) is 5.70. The van der Waals surface area contributed by atoms with Gasteiger partial charge in [0.15, 0.2) is 0 Å². The van der Waals surface area contributed by atoms with Crippen molar-refractivity contribution in [1.82, 2.24) is 10.6 Å². The third kappa shape index (κ3) is 4.79. The average Bonchev–Trinajstić information content (AvgIpc) is 2.14. The van der Waals surface area contributed by atoms with E-state index in [1.165, 1.54) is 0 Å². The van der Waals surface area contributed by atoms with Gasteiger partial charge in [0.1, 0.15) is 11.8 Å². The smallest absolute Gasteiger partial charge is 0.407 e. The number of carbonyl (C=O) groups excluding carboxylic acids is 1. The molecule has 0 saturated carbocycles. The number of nitrogens with one attached hydrogen (secondary N) is 2. The van der Waals surface area contributed by atoms with Crippen LogP contribution in [-0.4, -0.2) is 37.5 Å². The van der Waals surface area contributed by atoms with Gasteiger partial charge in [0.2, 0.25) is 0 Å². The van der Waals surface area contributed by atoms with Crippen LogP contribution >= 0.6 is 0 Å². The van der Waals surface area contributed by atoms with Crippen LogP contribution in [0, 0.1) is 5.92 Å². The Bertz CT molecular complexity index is 241. The SMILES string of the molecule is CC(C)(C)OC(=O)NCC1CCNCC1F. The molecule has 0 spiro atoms. The standard InChI is InChI=1S/C11H21FN2O2/c1-11(2,3)16-10(15)14-6-8-4-5-13-7-9(8)12/h8-9,13H,4-7H2,1-3H3,(H,14,15). The maximum atomic E-state index is 13.4. The number of alkyl carbamates (subject to hydrolysis) is 1. The van der Waals surface area contributed by atoms with E-state index in [0.29, 0.717) is 13.1 Å². The van der Waals surface area contributed by atoms with Gasteiger partial charge in [-0.1, -0.05) is 0 Å². The Morgan fingerprint density at radius 2 is 2.25 bits per heavy atom. The van der Waals surface area contributed by atoms with Crippen LogP contribution in [0.15, 0.2) is 0 Å². The number of piperidine rings is 1. The van der Waals surface area contributed by atoms with Crippen molar-refractivity contribution in [2.75, 3.05) is 19.6 Å². The van der Waals surface area contributed by atoms with Crippen molar-refractivity contribution in [1.29, 1.82) is 0 Å². The molecular formula is C11H21FN2O2. The molecule has 0 aliphatic carbocycles. The van der Waals surface area contributed by atoms with Crippen LogP contribution in [0.2, 0.25) is 0 Å². The lowest BCUT2D eigenvalue weighted by Gasteiger charge is -2.27. The molecule has 1 fully saturated rings. The second kappa shape index (κ2) is 5.48. The van der Waals surface area contributed by atoms with Gasteiger partial charge in [-0.15, -0.1) is 0 Å². The molecule has 5 heteroatoms. The second-order valence-corrected chi connectivity index (χ2v) is 5.15. The lowest BCUT2D eigenvalue weighted by Crippen LogP contribution is -2.44. The summed E-state index contributed by atoms with van der Waals surface area (Å²) in [5.74, 6) is -0.103. The minimum atomic E-state index is -0.885. The van der Waals surface area contributed by atoms with Gasteiger partial charge in [0, 0.05) is 19.0 Å². The molecule has 0 aromatic heterocycles. The van der Waals surface area contributed by atoms with E-state index in [9.17, 15) is 9.18 Å². The lowest BCUT2D eigenvalue weighted by molar-refractivity contribution is 0.0502. The van der Waals surface area contributed by atoms with Crippen LogP contribution in [0.5, 0.6) is 0 Å². The fourth-order valence-corrected chi connectivity index (χ4v) is 1.63. The van der Waals surface area contributed by atoms with E-state index in [2.05, 4.69) is 10.6 Å². The van der Waals surface area contributed by atoms with Crippen molar-refractivity contribution in [3.63, 3.8) is 0 Å². The maximum Gasteiger partial charge on any atom is 0.407 e. The Labute approximate surface area is 95.9 Å². The van der Waals surface area contributed by atoms with Gasteiger partial charge < -0.3 is 15.4 Å². The van der Waals surface area contributed by atoms with Crippen molar-refractivity contribution in [2.45, 2.75) is 39.0 Å². The third-order valence-electron chi connectivity index (χ3n) is 2.45. The molecule has 0 aromatic carbocycles. The van der Waals surface area contributed by atoms with Crippen LogP contribution in [0.3, 0.4) is 0 Å². The van der Waals surface area contributed by atoms with E-state index in [1.807, 2.05) is 0 Å². The quantitative estimate of drug-likeness (QED) is 0.758. The van der Waals surface area contributed by atoms with Crippen LogP contribution in [0.1, 0.15) is 27.2 Å². The number of amides is 1. The Morgan fingerprint density at radius 3 is 2.81 bits per heavy atom. The largest absolute Gasteiger partial charge is 0.444 e. The second-order valence-electron chi connectivity index (χ2n) is 5.15. The van der Waals surface area contributed by atoms with Crippen LogP contribution < -0.4 is 10.6 Å². The summed E-state index contributed by atoms with van der Waals surface area (Å²) in [6.45, 7) is 6.93. The van der Waals surface area contributed by atoms with Crippen LogP contribution in [0.4, 0.5) is 9.18 Å². The number of ether oxygens (including phenoxy) is 1. The fraction of sp³-hybridized carbons (Fsp3) is 0.909. The van der Waals surface area contributed by atoms with Crippen LogP contribution in [0.25, 0.3) is 0 Å². The number of rotatable bonds is 2. The van der Waals surface area contributed by atoms with Gasteiger partial charge in [0.05, 0.1) is 0 Å². The molecule has 1 heterocycles. The van der Waals surface area contributed by atoms with E-state index in [0.717, 1.165) is 13.0 Å². The van der Waals surface area contributed by atoms with Gasteiger partial charge >= 0.3 is 6.09 Å². The van der Waals surface area contributed by atoms with E-state index in [-0.39, 0.29) is 5.92 Å². The van der Waals surface area contributed by atoms with E-state index < -0.39 is 17.9 Å². The molecule has 16 heavy (non-hydrogen) atoms. The third-order valence-corrected chi connectivity index (χ3v) is 2.45. The van der Waals surface area contributed by atoms with E-state index in [1.54, 1.807) is 20.8 Å². The Kier molecular flexibility index (Phi) is 4.53. The first-order valence-corrected chi connectivity index (χ1v) is 5.70. The molecule has 1 amide bonds. The van der Waals surface area contributed by atoms with Crippen molar-refractivity contribution in [3.05, 3.63) is 0 Å². The number of hydrogen-bond acceptors (Lipinski definition) is 3. The zero-order valence-electron chi connectivity index (χ0n) is 10.2. The Hall–Kier alpha value is -0.840. The average molecular weight is 232 g/mol. The van der Waals surface area contributed by atoms with Gasteiger partial charge in [-0.25, -0.2) is 9.18 Å². The van der Waals surface area contributed by atoms with Gasteiger partial charge in [-0.05, 0) is 33.7 Å². The highest BCUT2D eigenvalue weighted by Gasteiger charge is 2.25. The molecule has 2 N–H and O–H groups in total. The van der Waals surface area contributed by atoms with Crippen molar-refractivity contribution in [3.8, 4) is 0 Å². The molecular weight excluding hydrogens is 211 g/mol. The maximum absolute atomic E-state index is 13.4. The molecule has 2 atom stereocenters. The summed E-state index contributed by atoms with van der Waals surface area (Å²) >= 11 is 0. The summed E-state index contributed by atoms with van der Waals surface area (Å²) in [6.07, 6.45) is -0.612. The molecule has 0 radical (unpaired) electrons. The molecule has 0 bridgehead atoms. The summed E-state index contributed by atoms with van der Waals surface area (Å²) in [4.78, 5) is 11.3. The topological polar surface area (TPSA) is 50.4 Å². The van der Waals surface area contributed by atoms with Crippen LogP contribution in [-0.2, 0) is 4.74 Å².